The predicted octanol–water partition coefficient (Wildman–Crippen LogP) is 0.962. The van der Waals surface area contributed by atoms with Gasteiger partial charge in [-0.3, -0.25) is 4.79 Å². The van der Waals surface area contributed by atoms with Gasteiger partial charge in [0.15, 0.2) is 0 Å². The summed E-state index contributed by atoms with van der Waals surface area (Å²) in [6.45, 7) is 0.918. The highest BCUT2D eigenvalue weighted by Crippen LogP contribution is 2.23. The molecule has 0 spiro atoms. The first-order valence-corrected chi connectivity index (χ1v) is 8.74. The van der Waals surface area contributed by atoms with Crippen LogP contribution in [0.1, 0.15) is 28.8 Å². The van der Waals surface area contributed by atoms with Crippen LogP contribution in [0.25, 0.3) is 0 Å². The number of fused-ring (bicyclic) bond motifs is 1. The number of benzene rings is 1. The van der Waals surface area contributed by atoms with Gasteiger partial charge in [0, 0.05) is 23.8 Å². The van der Waals surface area contributed by atoms with Gasteiger partial charge in [0.05, 0.1) is 11.5 Å². The molecule has 0 unspecified atom stereocenters. The Morgan fingerprint density at radius 3 is 2.75 bits per heavy atom. The van der Waals surface area contributed by atoms with Crippen molar-refractivity contribution >= 4 is 21.4 Å². The van der Waals surface area contributed by atoms with Gasteiger partial charge in [0.2, 0.25) is 0 Å². The van der Waals surface area contributed by atoms with Crippen molar-refractivity contribution in [1.82, 2.24) is 5.32 Å². The number of hydrogen-bond acceptors (Lipinski definition) is 4. The van der Waals surface area contributed by atoms with Crippen LogP contribution in [-0.4, -0.2) is 38.4 Å². The minimum Gasteiger partial charge on any atom is -0.384 e. The van der Waals surface area contributed by atoms with Crippen LogP contribution < -0.4 is 10.6 Å². The molecule has 0 bridgehead atoms. The SMILES string of the molecule is O=C(NC1CCS(=O)(=O)CC1)c1ccc2c(c1)CCN2. The van der Waals surface area contributed by atoms with Crippen molar-refractivity contribution in [2.45, 2.75) is 25.3 Å². The zero-order chi connectivity index (χ0) is 14.2. The minimum absolute atomic E-state index is 0.0302. The summed E-state index contributed by atoms with van der Waals surface area (Å²) in [5, 5.41) is 6.20. The molecule has 1 saturated heterocycles. The second-order valence-electron chi connectivity index (χ2n) is 5.45. The van der Waals surface area contributed by atoms with Gasteiger partial charge < -0.3 is 10.6 Å². The second-order valence-corrected chi connectivity index (χ2v) is 7.75. The maximum absolute atomic E-state index is 12.2. The molecule has 2 heterocycles. The maximum Gasteiger partial charge on any atom is 0.251 e. The first-order valence-electron chi connectivity index (χ1n) is 6.92. The first-order chi connectivity index (χ1) is 9.53. The van der Waals surface area contributed by atoms with Crippen LogP contribution in [0.4, 0.5) is 5.69 Å². The van der Waals surface area contributed by atoms with E-state index in [1.807, 2.05) is 18.2 Å². The summed E-state index contributed by atoms with van der Waals surface area (Å²) in [6, 6.07) is 5.64. The third-order valence-corrected chi connectivity index (χ3v) is 5.68. The van der Waals surface area contributed by atoms with E-state index in [4.69, 9.17) is 0 Å². The number of amides is 1. The molecule has 0 atom stereocenters. The maximum atomic E-state index is 12.2. The monoisotopic (exact) mass is 294 g/mol. The van der Waals surface area contributed by atoms with Crippen molar-refractivity contribution in [1.29, 1.82) is 0 Å². The Morgan fingerprint density at radius 1 is 1.25 bits per heavy atom. The third kappa shape index (κ3) is 2.80. The summed E-state index contributed by atoms with van der Waals surface area (Å²) in [5.41, 5.74) is 2.93. The van der Waals surface area contributed by atoms with Crippen molar-refractivity contribution in [3.63, 3.8) is 0 Å². The van der Waals surface area contributed by atoms with Gasteiger partial charge in [0.25, 0.3) is 5.91 Å². The van der Waals surface area contributed by atoms with E-state index in [1.165, 1.54) is 5.56 Å². The Balaban J connectivity index is 1.65. The van der Waals surface area contributed by atoms with Gasteiger partial charge in [0.1, 0.15) is 9.84 Å². The molecular weight excluding hydrogens is 276 g/mol. The normalized spacial score (nSPS) is 21.0. The quantitative estimate of drug-likeness (QED) is 0.852. The number of nitrogens with one attached hydrogen (secondary N) is 2. The van der Waals surface area contributed by atoms with Gasteiger partial charge in [-0.2, -0.15) is 0 Å². The van der Waals surface area contributed by atoms with Gasteiger partial charge >= 0.3 is 0 Å². The second kappa shape index (κ2) is 5.09. The fraction of sp³-hybridized carbons (Fsp3) is 0.500. The molecule has 20 heavy (non-hydrogen) atoms. The molecule has 6 heteroatoms. The molecule has 0 saturated carbocycles. The van der Waals surface area contributed by atoms with E-state index in [9.17, 15) is 13.2 Å². The van der Waals surface area contributed by atoms with E-state index < -0.39 is 9.84 Å². The van der Waals surface area contributed by atoms with Crippen molar-refractivity contribution in [3.8, 4) is 0 Å². The van der Waals surface area contributed by atoms with Crippen LogP contribution >= 0.6 is 0 Å². The van der Waals surface area contributed by atoms with Gasteiger partial charge in [-0.15, -0.1) is 0 Å². The molecular formula is C14H18N2O3S. The number of carbonyl (C=O) groups excluding carboxylic acids is 1. The predicted molar refractivity (Wildman–Crippen MR) is 77.8 cm³/mol. The lowest BCUT2D eigenvalue weighted by Gasteiger charge is -2.23. The van der Waals surface area contributed by atoms with Gasteiger partial charge in [-0.1, -0.05) is 0 Å². The lowest BCUT2D eigenvalue weighted by atomic mass is 10.1. The first kappa shape index (κ1) is 13.4. The lowest BCUT2D eigenvalue weighted by molar-refractivity contribution is 0.0934. The number of anilines is 1. The van der Waals surface area contributed by atoms with E-state index in [0.29, 0.717) is 18.4 Å². The van der Waals surface area contributed by atoms with Crippen LogP contribution in [0.2, 0.25) is 0 Å². The molecule has 5 nitrogen and oxygen atoms in total. The molecule has 2 aliphatic rings. The Hall–Kier alpha value is -1.56. The summed E-state index contributed by atoms with van der Waals surface area (Å²) in [6.07, 6.45) is 1.97. The molecule has 108 valence electrons. The smallest absolute Gasteiger partial charge is 0.251 e. The van der Waals surface area contributed by atoms with E-state index in [-0.39, 0.29) is 23.5 Å². The van der Waals surface area contributed by atoms with Gasteiger partial charge in [-0.05, 0) is 43.0 Å². The average Bonchev–Trinajstić information content (AvgIpc) is 2.88. The topological polar surface area (TPSA) is 75.3 Å². The summed E-state index contributed by atoms with van der Waals surface area (Å²) in [5.74, 6) is 0.238. The number of carbonyl (C=O) groups is 1. The fourth-order valence-corrected chi connectivity index (χ4v) is 4.24. The number of sulfone groups is 1. The molecule has 0 aromatic heterocycles. The van der Waals surface area contributed by atoms with Crippen molar-refractivity contribution in [3.05, 3.63) is 29.3 Å². The van der Waals surface area contributed by atoms with Gasteiger partial charge in [-0.25, -0.2) is 8.42 Å². The van der Waals surface area contributed by atoms with Crippen molar-refractivity contribution < 1.29 is 13.2 Å². The Kier molecular flexibility index (Phi) is 3.41. The summed E-state index contributed by atoms with van der Waals surface area (Å²) in [4.78, 5) is 12.2. The highest BCUT2D eigenvalue weighted by Gasteiger charge is 2.25. The number of rotatable bonds is 2. The standard InChI is InChI=1S/C14H18N2O3S/c17-14(16-12-4-7-20(18,19)8-5-12)11-1-2-13-10(9-11)3-6-15-13/h1-2,9,12,15H,3-8H2,(H,16,17). The van der Waals surface area contributed by atoms with E-state index >= 15 is 0 Å². The Morgan fingerprint density at radius 2 is 2.00 bits per heavy atom. The molecule has 2 N–H and O–H groups in total. The fourth-order valence-electron chi connectivity index (χ4n) is 2.75. The third-order valence-electron chi connectivity index (χ3n) is 3.97. The lowest BCUT2D eigenvalue weighted by Crippen LogP contribution is -2.40. The molecule has 1 aromatic rings. The molecule has 2 aliphatic heterocycles. The Labute approximate surface area is 118 Å². The largest absolute Gasteiger partial charge is 0.384 e. The average molecular weight is 294 g/mol. The molecule has 0 radical (unpaired) electrons. The van der Waals surface area contributed by atoms with Crippen LogP contribution in [0, 0.1) is 0 Å². The van der Waals surface area contributed by atoms with E-state index in [0.717, 1.165) is 18.7 Å². The number of hydrogen-bond donors (Lipinski definition) is 2. The highest BCUT2D eigenvalue weighted by atomic mass is 32.2. The zero-order valence-electron chi connectivity index (χ0n) is 11.2. The summed E-state index contributed by atoms with van der Waals surface area (Å²) in [7, 11) is -2.88. The van der Waals surface area contributed by atoms with Crippen molar-refractivity contribution in [2.24, 2.45) is 0 Å². The Bertz CT molecular complexity index is 626. The molecule has 1 aromatic carbocycles. The van der Waals surface area contributed by atoms with Crippen LogP contribution in [-0.2, 0) is 16.3 Å². The minimum atomic E-state index is -2.88. The van der Waals surface area contributed by atoms with Crippen molar-refractivity contribution in [2.75, 3.05) is 23.4 Å². The van der Waals surface area contributed by atoms with E-state index in [1.54, 1.807) is 0 Å². The van der Waals surface area contributed by atoms with Crippen LogP contribution in [0.15, 0.2) is 18.2 Å². The zero-order valence-corrected chi connectivity index (χ0v) is 12.0. The van der Waals surface area contributed by atoms with Crippen LogP contribution in [0.5, 0.6) is 0 Å². The molecule has 3 rings (SSSR count). The molecule has 0 aliphatic carbocycles. The molecule has 1 fully saturated rings. The highest BCUT2D eigenvalue weighted by molar-refractivity contribution is 7.91. The van der Waals surface area contributed by atoms with E-state index in [2.05, 4.69) is 10.6 Å². The van der Waals surface area contributed by atoms with Crippen LogP contribution in [0.3, 0.4) is 0 Å². The molecule has 1 amide bonds. The summed E-state index contributed by atoms with van der Waals surface area (Å²) >= 11 is 0. The summed E-state index contributed by atoms with van der Waals surface area (Å²) < 4.78 is 22.7.